The van der Waals surface area contributed by atoms with Crippen LogP contribution in [0, 0.1) is 6.92 Å². The zero-order chi connectivity index (χ0) is 19.3. The number of nitrogens with zero attached hydrogens (tertiary/aromatic N) is 1. The molecular weight excluding hydrogens is 346 g/mol. The average molecular weight is 376 g/mol. The second-order valence-corrected chi connectivity index (χ2v) is 7.60. The van der Waals surface area contributed by atoms with E-state index in [4.69, 9.17) is 4.74 Å². The predicted molar refractivity (Wildman–Crippen MR) is 116 cm³/mol. The van der Waals surface area contributed by atoms with Crippen molar-refractivity contribution < 1.29 is 4.74 Å². The fourth-order valence-corrected chi connectivity index (χ4v) is 3.78. The van der Waals surface area contributed by atoms with Gasteiger partial charge in [0.1, 0.15) is 0 Å². The van der Waals surface area contributed by atoms with Gasteiger partial charge in [0.15, 0.2) is 0 Å². The zero-order valence-corrected chi connectivity index (χ0v) is 16.6. The molecule has 2 aromatic carbocycles. The van der Waals surface area contributed by atoms with Crippen molar-refractivity contribution >= 4 is 16.6 Å². The largest absolute Gasteiger partial charge is 0.385 e. The minimum Gasteiger partial charge on any atom is -0.385 e. The summed E-state index contributed by atoms with van der Waals surface area (Å²) in [4.78, 5) is 5.80. The molecule has 3 aromatic rings. The summed E-state index contributed by atoms with van der Waals surface area (Å²) in [6.45, 7) is 11.9. The predicted octanol–water partition coefficient (Wildman–Crippen LogP) is 4.11. The van der Waals surface area contributed by atoms with Crippen LogP contribution in [-0.2, 0) is 17.7 Å². The number of morpholine rings is 1. The molecule has 1 aliphatic rings. The maximum Gasteiger partial charge on any atom is 0.0594 e. The molecule has 2 N–H and O–H groups in total. The number of aryl methyl sites for hydroxylation is 1. The molecule has 4 nitrogen and oxygen atoms in total. The van der Waals surface area contributed by atoms with Crippen molar-refractivity contribution in [3.63, 3.8) is 0 Å². The molecule has 0 atom stereocenters. The third-order valence-electron chi connectivity index (χ3n) is 5.47. The van der Waals surface area contributed by atoms with Gasteiger partial charge >= 0.3 is 0 Å². The second kappa shape index (κ2) is 8.63. The van der Waals surface area contributed by atoms with Crippen LogP contribution in [0.5, 0.6) is 0 Å². The van der Waals surface area contributed by atoms with E-state index in [9.17, 15) is 0 Å². The lowest BCUT2D eigenvalue weighted by Crippen LogP contribution is -2.35. The van der Waals surface area contributed by atoms with Crippen LogP contribution in [0.2, 0.25) is 0 Å². The van der Waals surface area contributed by atoms with Crippen LogP contribution in [0.15, 0.2) is 55.2 Å². The van der Waals surface area contributed by atoms with Crippen molar-refractivity contribution in [3.05, 3.63) is 77.5 Å². The molecule has 4 rings (SSSR count). The molecule has 146 valence electrons. The Morgan fingerprint density at radius 2 is 1.93 bits per heavy atom. The Morgan fingerprint density at radius 3 is 2.71 bits per heavy atom. The van der Waals surface area contributed by atoms with Gasteiger partial charge in [-0.1, -0.05) is 42.5 Å². The maximum atomic E-state index is 5.42. The third-order valence-corrected chi connectivity index (χ3v) is 5.47. The van der Waals surface area contributed by atoms with Crippen molar-refractivity contribution in [2.75, 3.05) is 32.8 Å². The van der Waals surface area contributed by atoms with E-state index in [1.165, 1.54) is 27.6 Å². The Kier molecular flexibility index (Phi) is 5.79. The van der Waals surface area contributed by atoms with Crippen molar-refractivity contribution in [1.82, 2.24) is 15.2 Å². The van der Waals surface area contributed by atoms with Crippen molar-refractivity contribution in [2.24, 2.45) is 0 Å². The van der Waals surface area contributed by atoms with Crippen LogP contribution < -0.4 is 5.32 Å². The highest BCUT2D eigenvalue weighted by atomic mass is 16.5. The minimum absolute atomic E-state index is 0.842. The number of H-pyrrole nitrogens is 1. The van der Waals surface area contributed by atoms with Gasteiger partial charge in [-0.05, 0) is 42.2 Å². The molecule has 0 amide bonds. The van der Waals surface area contributed by atoms with Gasteiger partial charge in [0.05, 0.1) is 13.2 Å². The summed E-state index contributed by atoms with van der Waals surface area (Å²) in [7, 11) is 0. The summed E-state index contributed by atoms with van der Waals surface area (Å²) in [6.07, 6.45) is 3.09. The highest BCUT2D eigenvalue weighted by Gasteiger charge is 2.10. The summed E-state index contributed by atoms with van der Waals surface area (Å²) < 4.78 is 5.42. The van der Waals surface area contributed by atoms with Crippen molar-refractivity contribution in [2.45, 2.75) is 19.9 Å². The summed E-state index contributed by atoms with van der Waals surface area (Å²) in [6, 6.07) is 15.3. The van der Waals surface area contributed by atoms with Crippen molar-refractivity contribution in [3.8, 4) is 0 Å². The van der Waals surface area contributed by atoms with E-state index in [1.54, 1.807) is 0 Å². The molecule has 1 fully saturated rings. The number of aromatic nitrogens is 1. The fourth-order valence-electron chi connectivity index (χ4n) is 3.78. The lowest BCUT2D eigenvalue weighted by Gasteiger charge is -2.26. The highest BCUT2D eigenvalue weighted by Crippen LogP contribution is 2.20. The van der Waals surface area contributed by atoms with E-state index < -0.39 is 0 Å². The molecule has 0 spiro atoms. The van der Waals surface area contributed by atoms with E-state index in [0.29, 0.717) is 0 Å². The number of rotatable bonds is 7. The topological polar surface area (TPSA) is 40.3 Å². The molecule has 0 unspecified atom stereocenters. The quantitative estimate of drug-likeness (QED) is 0.653. The zero-order valence-electron chi connectivity index (χ0n) is 16.6. The molecule has 1 aliphatic heterocycles. The van der Waals surface area contributed by atoms with E-state index in [2.05, 4.69) is 77.4 Å². The van der Waals surface area contributed by atoms with Crippen molar-refractivity contribution in [1.29, 1.82) is 0 Å². The van der Waals surface area contributed by atoms with E-state index >= 15 is 0 Å². The molecule has 0 aliphatic carbocycles. The highest BCUT2D eigenvalue weighted by molar-refractivity contribution is 5.83. The van der Waals surface area contributed by atoms with E-state index in [1.807, 2.05) is 0 Å². The van der Waals surface area contributed by atoms with Gasteiger partial charge in [0.25, 0.3) is 0 Å². The van der Waals surface area contributed by atoms with Crippen LogP contribution in [0.25, 0.3) is 16.6 Å². The van der Waals surface area contributed by atoms with Gasteiger partial charge < -0.3 is 15.0 Å². The van der Waals surface area contributed by atoms with Gasteiger partial charge in [-0.25, -0.2) is 0 Å². The number of aromatic amines is 1. The fraction of sp³-hybridized carbons (Fsp3) is 0.333. The lowest BCUT2D eigenvalue weighted by atomic mass is 10.1. The Balaban J connectivity index is 1.30. The molecule has 1 saturated heterocycles. The van der Waals surface area contributed by atoms with Crippen LogP contribution in [-0.4, -0.2) is 42.7 Å². The molecular formula is C24H29N3O. The lowest BCUT2D eigenvalue weighted by molar-refractivity contribution is 0.0342. The van der Waals surface area contributed by atoms with E-state index in [-0.39, 0.29) is 0 Å². The summed E-state index contributed by atoms with van der Waals surface area (Å²) in [5.41, 5.74) is 7.32. The number of hydrogen-bond acceptors (Lipinski definition) is 3. The molecule has 4 heteroatoms. The summed E-state index contributed by atoms with van der Waals surface area (Å²) in [5, 5.41) is 4.80. The smallest absolute Gasteiger partial charge is 0.0594 e. The first-order chi connectivity index (χ1) is 13.7. The first kappa shape index (κ1) is 18.8. The standard InChI is InChI=1S/C24H29N3O/c1-18-3-8-24-23(15-18)22(16-26-24)9-10-25-19(2)21-6-4-20(5-7-21)17-27-11-13-28-14-12-27/h3-8,15-16,25-26H,2,9-14,17H2,1H3. The third kappa shape index (κ3) is 4.46. The van der Waals surface area contributed by atoms with Gasteiger partial charge in [-0.15, -0.1) is 0 Å². The van der Waals surface area contributed by atoms with E-state index in [0.717, 1.165) is 57.1 Å². The minimum atomic E-state index is 0.842. The van der Waals surface area contributed by atoms with Crippen LogP contribution >= 0.6 is 0 Å². The molecule has 0 radical (unpaired) electrons. The number of fused-ring (bicyclic) bond motifs is 1. The van der Waals surface area contributed by atoms with Gasteiger partial charge in [-0.3, -0.25) is 4.90 Å². The molecule has 2 heterocycles. The Morgan fingerprint density at radius 1 is 1.14 bits per heavy atom. The number of ether oxygens (including phenoxy) is 1. The average Bonchev–Trinajstić information content (AvgIpc) is 3.11. The Labute approximate surface area is 167 Å². The van der Waals surface area contributed by atoms with Crippen LogP contribution in [0.3, 0.4) is 0 Å². The van der Waals surface area contributed by atoms with Gasteiger partial charge in [-0.2, -0.15) is 0 Å². The monoisotopic (exact) mass is 375 g/mol. The van der Waals surface area contributed by atoms with Crippen LogP contribution in [0.4, 0.5) is 0 Å². The summed E-state index contributed by atoms with van der Waals surface area (Å²) >= 11 is 0. The number of nitrogens with one attached hydrogen (secondary N) is 2. The molecule has 0 bridgehead atoms. The summed E-state index contributed by atoms with van der Waals surface area (Å²) in [5.74, 6) is 0. The first-order valence-electron chi connectivity index (χ1n) is 10.1. The maximum absolute atomic E-state index is 5.42. The molecule has 28 heavy (non-hydrogen) atoms. The Hall–Kier alpha value is -2.56. The normalized spacial score (nSPS) is 15.0. The van der Waals surface area contributed by atoms with Gasteiger partial charge in [0.2, 0.25) is 0 Å². The van der Waals surface area contributed by atoms with Gasteiger partial charge in [0, 0.05) is 49.0 Å². The Bertz CT molecular complexity index is 936. The number of benzene rings is 2. The van der Waals surface area contributed by atoms with Crippen LogP contribution in [0.1, 0.15) is 22.3 Å². The molecule has 1 aromatic heterocycles. The molecule has 0 saturated carbocycles. The second-order valence-electron chi connectivity index (χ2n) is 7.60. The number of hydrogen-bond donors (Lipinski definition) is 2. The SMILES string of the molecule is C=C(NCCc1c[nH]c2ccc(C)cc12)c1ccc(CN2CCOCC2)cc1. The first-order valence-corrected chi connectivity index (χ1v) is 10.1.